The van der Waals surface area contributed by atoms with Gasteiger partial charge in [0, 0.05) is 5.02 Å². The molecular weight excluding hydrogens is 504 g/mol. The molecule has 9 heteroatoms. The molecule has 0 aliphatic carbocycles. The van der Waals surface area contributed by atoms with Crippen LogP contribution in [0.5, 0.6) is 17.2 Å². The summed E-state index contributed by atoms with van der Waals surface area (Å²) in [6.45, 7) is 6.05. The Labute approximate surface area is 225 Å². The Hall–Kier alpha value is -4.48. The number of nitriles is 1. The minimum Gasteiger partial charge on any atom is -0.495 e. The van der Waals surface area contributed by atoms with Crippen molar-refractivity contribution in [2.24, 2.45) is 0 Å². The lowest BCUT2D eigenvalue weighted by molar-refractivity contribution is -0.118. The number of allylic oxidation sites excluding steroid dienone is 1. The molecule has 1 heterocycles. The van der Waals surface area contributed by atoms with E-state index in [2.05, 4.69) is 21.4 Å². The van der Waals surface area contributed by atoms with Gasteiger partial charge in [-0.25, -0.2) is 4.98 Å². The first kappa shape index (κ1) is 26.6. The Bertz CT molecular complexity index is 1530. The molecule has 194 valence electrons. The van der Waals surface area contributed by atoms with Crippen LogP contribution in [-0.4, -0.2) is 36.2 Å². The molecule has 0 fully saturated rings. The van der Waals surface area contributed by atoms with Crippen LogP contribution >= 0.6 is 11.6 Å². The molecule has 1 aromatic heterocycles. The summed E-state index contributed by atoms with van der Waals surface area (Å²) in [5.41, 5.74) is 5.50. The quantitative estimate of drug-likeness (QED) is 0.245. The highest BCUT2D eigenvalue weighted by atomic mass is 35.5. The summed E-state index contributed by atoms with van der Waals surface area (Å²) in [6, 6.07) is 16.4. The molecule has 4 aromatic rings. The minimum absolute atomic E-state index is 0.258. The van der Waals surface area contributed by atoms with E-state index in [4.69, 9.17) is 25.8 Å². The Morgan fingerprint density at radius 3 is 2.58 bits per heavy atom. The fraction of sp³-hybridized carbons (Fsp3) is 0.207. The van der Waals surface area contributed by atoms with Crippen LogP contribution in [0.1, 0.15) is 29.4 Å². The largest absolute Gasteiger partial charge is 0.495 e. The van der Waals surface area contributed by atoms with Crippen molar-refractivity contribution in [3.05, 3.63) is 76.1 Å². The number of carbonyl (C=O) groups is 1. The summed E-state index contributed by atoms with van der Waals surface area (Å²) in [6.07, 6.45) is 1.72. The molecule has 0 saturated heterocycles. The number of aryl methyl sites for hydroxylation is 2. The van der Waals surface area contributed by atoms with E-state index in [1.807, 2.05) is 32.9 Å². The van der Waals surface area contributed by atoms with Gasteiger partial charge in [-0.2, -0.15) is 5.26 Å². The number of aromatic amines is 1. The Kier molecular flexibility index (Phi) is 8.19. The number of rotatable bonds is 9. The zero-order valence-corrected chi connectivity index (χ0v) is 22.3. The number of halogens is 1. The van der Waals surface area contributed by atoms with E-state index >= 15 is 0 Å². The van der Waals surface area contributed by atoms with Crippen molar-refractivity contribution in [2.45, 2.75) is 20.8 Å². The summed E-state index contributed by atoms with van der Waals surface area (Å²) >= 11 is 6.03. The minimum atomic E-state index is -0.390. The molecule has 0 radical (unpaired) electrons. The van der Waals surface area contributed by atoms with Crippen LogP contribution in [0.3, 0.4) is 0 Å². The first-order chi connectivity index (χ1) is 18.3. The van der Waals surface area contributed by atoms with Crippen LogP contribution in [0.15, 0.2) is 48.5 Å². The highest BCUT2D eigenvalue weighted by Crippen LogP contribution is 2.31. The van der Waals surface area contributed by atoms with Crippen LogP contribution in [0.4, 0.5) is 5.69 Å². The number of hydrogen-bond donors (Lipinski definition) is 2. The van der Waals surface area contributed by atoms with E-state index in [1.54, 1.807) is 42.5 Å². The number of nitrogens with one attached hydrogen (secondary N) is 2. The van der Waals surface area contributed by atoms with E-state index in [1.165, 1.54) is 7.11 Å². The van der Waals surface area contributed by atoms with Gasteiger partial charge in [0.25, 0.3) is 5.91 Å². The molecule has 0 unspecified atom stereocenters. The van der Waals surface area contributed by atoms with E-state index in [9.17, 15) is 10.1 Å². The lowest BCUT2D eigenvalue weighted by Crippen LogP contribution is -2.20. The Morgan fingerprint density at radius 1 is 1.08 bits per heavy atom. The van der Waals surface area contributed by atoms with Crippen molar-refractivity contribution in [2.75, 3.05) is 25.6 Å². The molecule has 0 aliphatic heterocycles. The van der Waals surface area contributed by atoms with Gasteiger partial charge < -0.3 is 24.5 Å². The van der Waals surface area contributed by atoms with Gasteiger partial charge in [-0.3, -0.25) is 4.79 Å². The van der Waals surface area contributed by atoms with Crippen molar-refractivity contribution < 1.29 is 19.0 Å². The first-order valence-electron chi connectivity index (χ1n) is 11.9. The third-order valence-corrected chi connectivity index (χ3v) is 6.08. The molecule has 4 rings (SSSR count). The molecule has 2 N–H and O–H groups in total. The summed E-state index contributed by atoms with van der Waals surface area (Å²) < 4.78 is 16.8. The number of aromatic nitrogens is 2. The number of imidazole rings is 1. The van der Waals surface area contributed by atoms with Gasteiger partial charge in [0.2, 0.25) is 0 Å². The molecule has 8 nitrogen and oxygen atoms in total. The maximum absolute atomic E-state index is 12.5. The van der Waals surface area contributed by atoms with Gasteiger partial charge in [-0.15, -0.1) is 0 Å². The van der Waals surface area contributed by atoms with Gasteiger partial charge in [-0.1, -0.05) is 17.7 Å². The SMILES string of the molecule is CCOc1cc(/C=C(\C#N)c2nc3cc(C)c(C)cc3[nH]2)ccc1OCC(=O)Nc1cc(Cl)ccc1OC. The Balaban J connectivity index is 1.53. The summed E-state index contributed by atoms with van der Waals surface area (Å²) in [7, 11) is 1.51. The van der Waals surface area contributed by atoms with Gasteiger partial charge in [0.1, 0.15) is 17.6 Å². The van der Waals surface area contributed by atoms with Crippen LogP contribution in [0, 0.1) is 25.2 Å². The van der Waals surface area contributed by atoms with Crippen LogP contribution in [-0.2, 0) is 4.79 Å². The average Bonchev–Trinajstić information content (AvgIpc) is 3.29. The molecule has 3 aromatic carbocycles. The lowest BCUT2D eigenvalue weighted by atomic mass is 10.1. The van der Waals surface area contributed by atoms with Crippen molar-refractivity contribution >= 4 is 45.9 Å². The third-order valence-electron chi connectivity index (χ3n) is 5.85. The van der Waals surface area contributed by atoms with E-state index in [-0.39, 0.29) is 12.5 Å². The topological polar surface area (TPSA) is 109 Å². The third kappa shape index (κ3) is 6.07. The highest BCUT2D eigenvalue weighted by Gasteiger charge is 2.13. The second kappa shape index (κ2) is 11.7. The second-order valence-electron chi connectivity index (χ2n) is 8.53. The number of nitrogens with zero attached hydrogens (tertiary/aromatic N) is 2. The molecule has 1 amide bonds. The molecule has 0 bridgehead atoms. The highest BCUT2D eigenvalue weighted by molar-refractivity contribution is 6.31. The molecular formula is C29H27ClN4O4. The average molecular weight is 531 g/mol. The first-order valence-corrected chi connectivity index (χ1v) is 12.3. The normalized spacial score (nSPS) is 11.2. The molecule has 0 atom stereocenters. The lowest BCUT2D eigenvalue weighted by Gasteiger charge is -2.14. The number of methoxy groups -OCH3 is 1. The predicted molar refractivity (Wildman–Crippen MR) is 149 cm³/mol. The second-order valence-corrected chi connectivity index (χ2v) is 8.97. The van der Waals surface area contributed by atoms with Crippen LogP contribution in [0.25, 0.3) is 22.7 Å². The van der Waals surface area contributed by atoms with E-state index in [0.717, 1.165) is 27.7 Å². The number of anilines is 1. The van der Waals surface area contributed by atoms with Gasteiger partial charge in [0.15, 0.2) is 18.1 Å². The number of carbonyl (C=O) groups excluding carboxylic acids is 1. The van der Waals surface area contributed by atoms with Gasteiger partial charge in [0.05, 0.1) is 36.0 Å². The Morgan fingerprint density at radius 2 is 1.84 bits per heavy atom. The number of ether oxygens (including phenoxy) is 3. The van der Waals surface area contributed by atoms with Crippen molar-refractivity contribution in [3.63, 3.8) is 0 Å². The fourth-order valence-corrected chi connectivity index (χ4v) is 4.00. The summed E-state index contributed by atoms with van der Waals surface area (Å²) in [5.74, 6) is 1.42. The van der Waals surface area contributed by atoms with Crippen LogP contribution in [0.2, 0.25) is 5.02 Å². The standard InChI is InChI=1S/C29H27ClN4O4/c1-5-37-27-13-19(12-20(15-31)29-33-22-10-17(2)18(3)11-23(22)34-29)6-8-26(27)38-16-28(35)32-24-14-21(30)7-9-25(24)36-4/h6-14H,5,16H2,1-4H3,(H,32,35)(H,33,34)/b20-12+. The monoisotopic (exact) mass is 530 g/mol. The number of H-pyrrole nitrogens is 1. The van der Waals surface area contributed by atoms with Gasteiger partial charge in [-0.05, 0) is 86.0 Å². The summed E-state index contributed by atoms with van der Waals surface area (Å²) in [4.78, 5) is 20.4. The molecule has 0 spiro atoms. The maximum Gasteiger partial charge on any atom is 0.262 e. The zero-order chi connectivity index (χ0) is 27.2. The van der Waals surface area contributed by atoms with Crippen molar-refractivity contribution in [1.82, 2.24) is 9.97 Å². The molecule has 0 saturated carbocycles. The van der Waals surface area contributed by atoms with Crippen molar-refractivity contribution in [1.29, 1.82) is 5.26 Å². The van der Waals surface area contributed by atoms with E-state index in [0.29, 0.717) is 46.0 Å². The zero-order valence-electron chi connectivity index (χ0n) is 21.5. The van der Waals surface area contributed by atoms with E-state index < -0.39 is 0 Å². The number of fused-ring (bicyclic) bond motifs is 1. The number of hydrogen-bond acceptors (Lipinski definition) is 6. The smallest absolute Gasteiger partial charge is 0.262 e. The van der Waals surface area contributed by atoms with Crippen LogP contribution < -0.4 is 19.5 Å². The molecule has 0 aliphatic rings. The number of benzene rings is 3. The summed E-state index contributed by atoms with van der Waals surface area (Å²) in [5, 5.41) is 13.0. The maximum atomic E-state index is 12.5. The fourth-order valence-electron chi connectivity index (χ4n) is 3.83. The molecule has 38 heavy (non-hydrogen) atoms. The predicted octanol–water partition coefficient (Wildman–Crippen LogP) is 6.32. The van der Waals surface area contributed by atoms with Crippen molar-refractivity contribution in [3.8, 4) is 23.3 Å². The van der Waals surface area contributed by atoms with Gasteiger partial charge >= 0.3 is 0 Å². The number of amides is 1.